The Morgan fingerprint density at radius 1 is 1.27 bits per heavy atom. The molecule has 1 amide bonds. The van der Waals surface area contributed by atoms with Crippen molar-refractivity contribution in [2.75, 3.05) is 5.32 Å². The molecule has 3 aromatic rings. The fourth-order valence-electron chi connectivity index (χ4n) is 2.92. The second-order valence-electron chi connectivity index (χ2n) is 6.70. The largest absolute Gasteiger partial charge is 0.506 e. The first-order chi connectivity index (χ1) is 12.4. The maximum atomic E-state index is 13.0. The standard InChI is InChI=1S/C20H21N3O3/c1-12(2)11-23-16-7-5-4-6-14(16)18(24)17(20(23)26)19(25)22-15-10-21-9-8-13(15)3/h4-10,12,24H,11H2,1-3H3,(H,22,25). The van der Waals surface area contributed by atoms with Crippen molar-refractivity contribution in [3.8, 4) is 5.75 Å². The van der Waals surface area contributed by atoms with E-state index in [0.29, 0.717) is 23.1 Å². The molecule has 0 aliphatic heterocycles. The van der Waals surface area contributed by atoms with Crippen molar-refractivity contribution in [3.05, 3.63) is 64.2 Å². The zero-order valence-corrected chi connectivity index (χ0v) is 15.0. The fourth-order valence-corrected chi connectivity index (χ4v) is 2.92. The Hall–Kier alpha value is -3.15. The van der Waals surface area contributed by atoms with Gasteiger partial charge in [-0.05, 0) is 36.6 Å². The van der Waals surface area contributed by atoms with Gasteiger partial charge in [0.25, 0.3) is 11.5 Å². The molecule has 0 aliphatic carbocycles. The molecule has 0 atom stereocenters. The molecular formula is C20H21N3O3. The Kier molecular flexibility index (Phi) is 4.75. The first-order valence-electron chi connectivity index (χ1n) is 8.46. The van der Waals surface area contributed by atoms with Gasteiger partial charge in [0.15, 0.2) is 0 Å². The van der Waals surface area contributed by atoms with Crippen LogP contribution in [0.1, 0.15) is 29.8 Å². The SMILES string of the molecule is Cc1ccncc1NC(=O)c1c(O)c2ccccc2n(CC(C)C)c1=O. The van der Waals surface area contributed by atoms with Crippen LogP contribution in [0.5, 0.6) is 5.75 Å². The molecule has 0 aliphatic rings. The first-order valence-corrected chi connectivity index (χ1v) is 8.46. The minimum atomic E-state index is -0.646. The van der Waals surface area contributed by atoms with Crippen molar-refractivity contribution < 1.29 is 9.90 Å². The number of para-hydroxylation sites is 1. The van der Waals surface area contributed by atoms with Crippen LogP contribution in [-0.4, -0.2) is 20.6 Å². The van der Waals surface area contributed by atoms with E-state index in [-0.39, 0.29) is 17.2 Å². The van der Waals surface area contributed by atoms with E-state index in [0.717, 1.165) is 5.56 Å². The summed E-state index contributed by atoms with van der Waals surface area (Å²) in [7, 11) is 0. The molecule has 2 N–H and O–H groups in total. The van der Waals surface area contributed by atoms with Gasteiger partial charge in [-0.3, -0.25) is 14.6 Å². The molecule has 2 heterocycles. The predicted octanol–water partition coefficient (Wildman–Crippen LogP) is 3.32. The van der Waals surface area contributed by atoms with E-state index in [1.54, 1.807) is 41.1 Å². The molecule has 0 unspecified atom stereocenters. The van der Waals surface area contributed by atoms with Crippen LogP contribution in [0, 0.1) is 12.8 Å². The zero-order chi connectivity index (χ0) is 18.8. The van der Waals surface area contributed by atoms with Crippen LogP contribution >= 0.6 is 0 Å². The third-order valence-corrected chi connectivity index (χ3v) is 4.21. The maximum absolute atomic E-state index is 13.0. The molecule has 6 heteroatoms. The van der Waals surface area contributed by atoms with Gasteiger partial charge in [-0.25, -0.2) is 0 Å². The molecule has 134 valence electrons. The highest BCUT2D eigenvalue weighted by atomic mass is 16.3. The van der Waals surface area contributed by atoms with Crippen LogP contribution in [0.25, 0.3) is 10.9 Å². The van der Waals surface area contributed by atoms with Crippen molar-refractivity contribution in [3.63, 3.8) is 0 Å². The Bertz CT molecular complexity index is 1040. The average molecular weight is 351 g/mol. The number of carbonyl (C=O) groups is 1. The number of aromatic hydroxyl groups is 1. The molecule has 0 radical (unpaired) electrons. The molecule has 0 saturated carbocycles. The highest BCUT2D eigenvalue weighted by Gasteiger charge is 2.23. The van der Waals surface area contributed by atoms with Crippen LogP contribution in [-0.2, 0) is 6.54 Å². The van der Waals surface area contributed by atoms with Gasteiger partial charge in [0.2, 0.25) is 0 Å². The van der Waals surface area contributed by atoms with E-state index < -0.39 is 11.5 Å². The van der Waals surface area contributed by atoms with Crippen LogP contribution in [0.4, 0.5) is 5.69 Å². The summed E-state index contributed by atoms with van der Waals surface area (Å²) in [6, 6.07) is 8.79. The summed E-state index contributed by atoms with van der Waals surface area (Å²) in [5, 5.41) is 13.8. The number of benzene rings is 1. The number of aryl methyl sites for hydroxylation is 1. The molecule has 0 spiro atoms. The van der Waals surface area contributed by atoms with Gasteiger partial charge in [0.1, 0.15) is 11.3 Å². The number of rotatable bonds is 4. The van der Waals surface area contributed by atoms with Gasteiger partial charge in [-0.15, -0.1) is 0 Å². The van der Waals surface area contributed by atoms with Gasteiger partial charge in [-0.1, -0.05) is 26.0 Å². The number of pyridine rings is 2. The van der Waals surface area contributed by atoms with Crippen molar-refractivity contribution in [2.45, 2.75) is 27.3 Å². The Morgan fingerprint density at radius 2 is 2.00 bits per heavy atom. The van der Waals surface area contributed by atoms with Gasteiger partial charge < -0.3 is 15.0 Å². The van der Waals surface area contributed by atoms with Crippen LogP contribution in [0.2, 0.25) is 0 Å². The van der Waals surface area contributed by atoms with Gasteiger partial charge in [0.05, 0.1) is 17.4 Å². The lowest BCUT2D eigenvalue weighted by molar-refractivity contribution is 0.102. The van der Waals surface area contributed by atoms with E-state index in [2.05, 4.69) is 10.3 Å². The second-order valence-corrected chi connectivity index (χ2v) is 6.70. The van der Waals surface area contributed by atoms with Gasteiger partial charge in [0, 0.05) is 18.1 Å². The van der Waals surface area contributed by atoms with E-state index in [9.17, 15) is 14.7 Å². The number of aromatic nitrogens is 2. The molecule has 0 fully saturated rings. The smallest absolute Gasteiger partial charge is 0.267 e. The molecule has 0 saturated heterocycles. The van der Waals surface area contributed by atoms with Crippen molar-refractivity contribution >= 4 is 22.5 Å². The third kappa shape index (κ3) is 3.18. The van der Waals surface area contributed by atoms with E-state index in [4.69, 9.17) is 0 Å². The molecule has 6 nitrogen and oxygen atoms in total. The first kappa shape index (κ1) is 17.7. The number of anilines is 1. The number of nitrogens with zero attached hydrogens (tertiary/aromatic N) is 2. The Morgan fingerprint density at radius 3 is 2.69 bits per heavy atom. The van der Waals surface area contributed by atoms with Crippen molar-refractivity contribution in [1.82, 2.24) is 9.55 Å². The molecule has 3 rings (SSSR count). The average Bonchev–Trinajstić information content (AvgIpc) is 2.60. The highest BCUT2D eigenvalue weighted by molar-refractivity contribution is 6.09. The minimum absolute atomic E-state index is 0.206. The van der Waals surface area contributed by atoms with E-state index >= 15 is 0 Å². The second kappa shape index (κ2) is 7.00. The molecule has 2 aromatic heterocycles. The zero-order valence-electron chi connectivity index (χ0n) is 15.0. The van der Waals surface area contributed by atoms with Gasteiger partial charge in [-0.2, -0.15) is 0 Å². The monoisotopic (exact) mass is 351 g/mol. The number of amides is 1. The maximum Gasteiger partial charge on any atom is 0.267 e. The van der Waals surface area contributed by atoms with E-state index in [1.165, 1.54) is 6.20 Å². The lowest BCUT2D eigenvalue weighted by atomic mass is 10.1. The quantitative estimate of drug-likeness (QED) is 0.755. The highest BCUT2D eigenvalue weighted by Crippen LogP contribution is 2.27. The molecule has 0 bridgehead atoms. The molecule has 1 aromatic carbocycles. The lowest BCUT2D eigenvalue weighted by Gasteiger charge is -2.16. The lowest BCUT2D eigenvalue weighted by Crippen LogP contribution is -2.31. The topological polar surface area (TPSA) is 84.2 Å². The summed E-state index contributed by atoms with van der Waals surface area (Å²) in [5.74, 6) is -0.742. The summed E-state index contributed by atoms with van der Waals surface area (Å²) in [6.45, 7) is 6.26. The van der Waals surface area contributed by atoms with Crippen molar-refractivity contribution in [1.29, 1.82) is 0 Å². The molecular weight excluding hydrogens is 330 g/mol. The number of fused-ring (bicyclic) bond motifs is 1. The van der Waals surface area contributed by atoms with Crippen LogP contribution in [0.3, 0.4) is 0 Å². The summed E-state index contributed by atoms with van der Waals surface area (Å²) >= 11 is 0. The van der Waals surface area contributed by atoms with Crippen molar-refractivity contribution in [2.24, 2.45) is 5.92 Å². The van der Waals surface area contributed by atoms with Crippen LogP contribution in [0.15, 0.2) is 47.5 Å². The summed E-state index contributed by atoms with van der Waals surface area (Å²) in [4.78, 5) is 29.7. The Labute approximate surface area is 151 Å². The van der Waals surface area contributed by atoms with Gasteiger partial charge >= 0.3 is 0 Å². The fraction of sp³-hybridized carbons (Fsp3) is 0.250. The predicted molar refractivity (Wildman–Crippen MR) is 102 cm³/mol. The summed E-state index contributed by atoms with van der Waals surface area (Å²) in [5.41, 5.74) is 1.16. The third-order valence-electron chi connectivity index (χ3n) is 4.21. The summed E-state index contributed by atoms with van der Waals surface area (Å²) < 4.78 is 1.55. The number of hydrogen-bond acceptors (Lipinski definition) is 4. The summed E-state index contributed by atoms with van der Waals surface area (Å²) in [6.07, 6.45) is 3.13. The number of carbonyl (C=O) groups excluding carboxylic acids is 1. The minimum Gasteiger partial charge on any atom is -0.506 e. The Balaban J connectivity index is 2.18. The van der Waals surface area contributed by atoms with Crippen LogP contribution < -0.4 is 10.9 Å². The number of hydrogen-bond donors (Lipinski definition) is 2. The van der Waals surface area contributed by atoms with E-state index in [1.807, 2.05) is 20.8 Å². The molecule has 26 heavy (non-hydrogen) atoms. The number of nitrogens with one attached hydrogen (secondary N) is 1. The normalized spacial score (nSPS) is 11.1.